The molecule has 0 aromatic heterocycles. The molecule has 0 bridgehead atoms. The predicted molar refractivity (Wildman–Crippen MR) is 153 cm³/mol. The molecule has 0 aliphatic carbocycles. The van der Waals surface area contributed by atoms with E-state index in [1.807, 2.05) is 109 Å². The van der Waals surface area contributed by atoms with Crippen LogP contribution >= 0.6 is 23.5 Å². The van der Waals surface area contributed by atoms with Crippen molar-refractivity contribution in [2.75, 3.05) is 22.1 Å². The Bertz CT molecular complexity index is 1140. The van der Waals surface area contributed by atoms with Crippen LogP contribution in [0.1, 0.15) is 12.8 Å². The lowest BCUT2D eigenvalue weighted by Gasteiger charge is -2.09. The third-order valence-corrected chi connectivity index (χ3v) is 7.38. The third kappa shape index (κ3) is 8.33. The van der Waals surface area contributed by atoms with Crippen LogP contribution < -0.4 is 10.6 Å². The molecule has 0 atom stereocenters. The highest BCUT2D eigenvalue weighted by Crippen LogP contribution is 2.24. The maximum absolute atomic E-state index is 12.3. The molecule has 0 radical (unpaired) electrons. The van der Waals surface area contributed by atoms with Crippen LogP contribution in [0, 0.1) is 0 Å². The second-order valence-corrected chi connectivity index (χ2v) is 10.4. The van der Waals surface area contributed by atoms with Gasteiger partial charge in [-0.2, -0.15) is 0 Å². The van der Waals surface area contributed by atoms with Crippen molar-refractivity contribution >= 4 is 46.7 Å². The normalized spacial score (nSPS) is 10.6. The quantitative estimate of drug-likeness (QED) is 0.203. The fourth-order valence-corrected chi connectivity index (χ4v) is 5.24. The summed E-state index contributed by atoms with van der Waals surface area (Å²) in [6.45, 7) is 0. The number of thioether (sulfide) groups is 2. The second kappa shape index (κ2) is 13.6. The summed E-state index contributed by atoms with van der Waals surface area (Å²) in [4.78, 5) is 26.9. The number of nitrogens with one attached hydrogen (secondary N) is 2. The minimum Gasteiger partial charge on any atom is -0.326 e. The molecule has 6 heteroatoms. The van der Waals surface area contributed by atoms with E-state index in [2.05, 4.69) is 10.6 Å². The Balaban J connectivity index is 1.20. The maximum atomic E-state index is 12.3. The minimum atomic E-state index is 0.00782. The summed E-state index contributed by atoms with van der Waals surface area (Å²) in [6.07, 6.45) is 0.916. The third-order valence-electron chi connectivity index (χ3n) is 5.35. The topological polar surface area (TPSA) is 58.2 Å². The molecule has 0 saturated carbocycles. The standard InChI is InChI=1S/C30H28N2O2S2/c33-29(19-21-35-27-7-3-1-4-8-27)31-25-15-11-23(12-16-25)24-13-17-26(18-14-24)32-30(34)20-22-36-28-9-5-2-6-10-28/h1-18H,19-22H2,(H,31,33)(H,32,34). The van der Waals surface area contributed by atoms with Crippen LogP contribution in [-0.4, -0.2) is 23.3 Å². The van der Waals surface area contributed by atoms with Crippen molar-refractivity contribution in [3.63, 3.8) is 0 Å². The number of anilines is 2. The number of rotatable bonds is 11. The lowest BCUT2D eigenvalue weighted by atomic mass is 10.0. The van der Waals surface area contributed by atoms with E-state index in [1.54, 1.807) is 23.5 Å². The number of benzene rings is 4. The van der Waals surface area contributed by atoms with Gasteiger partial charge in [0, 0.05) is 45.5 Å². The number of carbonyl (C=O) groups is 2. The van der Waals surface area contributed by atoms with E-state index in [0.29, 0.717) is 12.8 Å². The van der Waals surface area contributed by atoms with Gasteiger partial charge in [0.05, 0.1) is 0 Å². The number of hydrogen-bond donors (Lipinski definition) is 2. The van der Waals surface area contributed by atoms with Gasteiger partial charge in [0.2, 0.25) is 11.8 Å². The Kier molecular flexibility index (Phi) is 9.65. The molecule has 182 valence electrons. The van der Waals surface area contributed by atoms with Crippen LogP contribution in [0.3, 0.4) is 0 Å². The van der Waals surface area contributed by atoms with Gasteiger partial charge >= 0.3 is 0 Å². The Hall–Kier alpha value is -3.48. The SMILES string of the molecule is O=C(CCSc1ccccc1)Nc1ccc(-c2ccc(NC(=O)CCSc3ccccc3)cc2)cc1. The van der Waals surface area contributed by atoms with Crippen molar-refractivity contribution in [3.05, 3.63) is 109 Å². The molecule has 4 rings (SSSR count). The van der Waals surface area contributed by atoms with Gasteiger partial charge in [0.15, 0.2) is 0 Å². The van der Waals surface area contributed by atoms with Gasteiger partial charge in [-0.05, 0) is 59.7 Å². The summed E-state index contributed by atoms with van der Waals surface area (Å²) in [6, 6.07) is 35.8. The highest BCUT2D eigenvalue weighted by atomic mass is 32.2. The van der Waals surface area contributed by atoms with Crippen LogP contribution in [0.15, 0.2) is 119 Å². The van der Waals surface area contributed by atoms with E-state index in [1.165, 1.54) is 9.79 Å². The zero-order chi connectivity index (χ0) is 25.0. The van der Waals surface area contributed by atoms with Gasteiger partial charge in [-0.15, -0.1) is 23.5 Å². The highest BCUT2D eigenvalue weighted by molar-refractivity contribution is 7.99. The van der Waals surface area contributed by atoms with Gasteiger partial charge in [-0.1, -0.05) is 60.7 Å². The molecule has 0 spiro atoms. The van der Waals surface area contributed by atoms with E-state index in [9.17, 15) is 9.59 Å². The molecular weight excluding hydrogens is 484 g/mol. The molecule has 2 amide bonds. The fourth-order valence-electron chi connectivity index (χ4n) is 3.50. The number of amides is 2. The van der Waals surface area contributed by atoms with Gasteiger partial charge in [-0.25, -0.2) is 0 Å². The first kappa shape index (κ1) is 25.6. The van der Waals surface area contributed by atoms with E-state index >= 15 is 0 Å². The van der Waals surface area contributed by atoms with Crippen molar-refractivity contribution in [1.29, 1.82) is 0 Å². The Morgan fingerprint density at radius 3 is 1.22 bits per heavy atom. The number of carbonyl (C=O) groups excluding carboxylic acids is 2. The molecule has 0 saturated heterocycles. The van der Waals surface area contributed by atoms with Crippen molar-refractivity contribution < 1.29 is 9.59 Å². The monoisotopic (exact) mass is 512 g/mol. The van der Waals surface area contributed by atoms with Crippen molar-refractivity contribution in [1.82, 2.24) is 0 Å². The smallest absolute Gasteiger partial charge is 0.225 e. The maximum Gasteiger partial charge on any atom is 0.225 e. The molecule has 0 fully saturated rings. The van der Waals surface area contributed by atoms with E-state index in [0.717, 1.165) is 34.0 Å². The summed E-state index contributed by atoms with van der Waals surface area (Å²) in [5.74, 6) is 1.49. The van der Waals surface area contributed by atoms with Crippen LogP contribution in [0.25, 0.3) is 11.1 Å². The summed E-state index contributed by atoms with van der Waals surface area (Å²) in [7, 11) is 0. The largest absolute Gasteiger partial charge is 0.326 e. The van der Waals surface area contributed by atoms with Crippen LogP contribution in [0.2, 0.25) is 0 Å². The van der Waals surface area contributed by atoms with Crippen LogP contribution in [-0.2, 0) is 9.59 Å². The highest BCUT2D eigenvalue weighted by Gasteiger charge is 2.06. The molecule has 0 heterocycles. The second-order valence-electron chi connectivity index (χ2n) is 8.07. The molecule has 0 aliphatic heterocycles. The van der Waals surface area contributed by atoms with Gasteiger partial charge < -0.3 is 10.6 Å². The molecule has 2 N–H and O–H groups in total. The lowest BCUT2D eigenvalue weighted by molar-refractivity contribution is -0.116. The molecule has 36 heavy (non-hydrogen) atoms. The van der Waals surface area contributed by atoms with E-state index < -0.39 is 0 Å². The van der Waals surface area contributed by atoms with Crippen molar-refractivity contribution in [3.8, 4) is 11.1 Å². The van der Waals surface area contributed by atoms with Crippen LogP contribution in [0.4, 0.5) is 11.4 Å². The zero-order valence-corrected chi connectivity index (χ0v) is 21.5. The molecule has 4 aromatic carbocycles. The first-order valence-electron chi connectivity index (χ1n) is 11.8. The lowest BCUT2D eigenvalue weighted by Crippen LogP contribution is -2.12. The van der Waals surface area contributed by atoms with Crippen molar-refractivity contribution in [2.24, 2.45) is 0 Å². The molecule has 0 aliphatic rings. The fraction of sp³-hybridized carbons (Fsp3) is 0.133. The number of hydrogen-bond acceptors (Lipinski definition) is 4. The summed E-state index contributed by atoms with van der Waals surface area (Å²) >= 11 is 3.36. The Labute approximate surface area is 220 Å². The predicted octanol–water partition coefficient (Wildman–Crippen LogP) is 7.60. The van der Waals surface area contributed by atoms with Gasteiger partial charge in [0.25, 0.3) is 0 Å². The van der Waals surface area contributed by atoms with E-state index in [4.69, 9.17) is 0 Å². The summed E-state index contributed by atoms with van der Waals surface area (Å²) in [5, 5.41) is 5.93. The average molecular weight is 513 g/mol. The van der Waals surface area contributed by atoms with Crippen molar-refractivity contribution in [2.45, 2.75) is 22.6 Å². The van der Waals surface area contributed by atoms with Gasteiger partial charge in [-0.3, -0.25) is 9.59 Å². The first-order chi connectivity index (χ1) is 17.7. The zero-order valence-electron chi connectivity index (χ0n) is 19.9. The molecule has 4 nitrogen and oxygen atoms in total. The molecule has 4 aromatic rings. The minimum absolute atomic E-state index is 0.00782. The molecule has 0 unspecified atom stereocenters. The van der Waals surface area contributed by atoms with Gasteiger partial charge in [0.1, 0.15) is 0 Å². The van der Waals surface area contributed by atoms with E-state index in [-0.39, 0.29) is 11.8 Å². The first-order valence-corrected chi connectivity index (χ1v) is 13.8. The Morgan fingerprint density at radius 1 is 0.500 bits per heavy atom. The molecular formula is C30H28N2O2S2. The van der Waals surface area contributed by atoms with Crippen LogP contribution in [0.5, 0.6) is 0 Å². The summed E-state index contributed by atoms with van der Waals surface area (Å²) < 4.78 is 0. The Morgan fingerprint density at radius 2 is 0.861 bits per heavy atom. The summed E-state index contributed by atoms with van der Waals surface area (Å²) in [5.41, 5.74) is 3.66. The average Bonchev–Trinajstić information content (AvgIpc) is 2.91.